The molecule has 2 saturated carbocycles. The van der Waals surface area contributed by atoms with Crippen molar-refractivity contribution >= 4 is 28.2 Å². The molecule has 158 valence electrons. The highest BCUT2D eigenvalue weighted by Crippen LogP contribution is 2.48. The van der Waals surface area contributed by atoms with E-state index < -0.39 is 17.7 Å². The van der Waals surface area contributed by atoms with Crippen molar-refractivity contribution in [3.05, 3.63) is 30.5 Å². The van der Waals surface area contributed by atoms with Crippen LogP contribution in [0.1, 0.15) is 38.1 Å². The minimum atomic E-state index is -0.786. The number of carboxylic acids is 1. The van der Waals surface area contributed by atoms with Crippen molar-refractivity contribution in [3.63, 3.8) is 0 Å². The molecule has 4 heterocycles. The second-order valence-corrected chi connectivity index (χ2v) is 8.65. The maximum atomic E-state index is 13.8. The number of aromatic nitrogens is 7. The second kappa shape index (κ2) is 6.79. The summed E-state index contributed by atoms with van der Waals surface area (Å²) in [5, 5.41) is 19.1. The molecule has 0 saturated heterocycles. The highest BCUT2D eigenvalue weighted by atomic mass is 19.1. The normalized spacial score (nSPS) is 25.8. The number of fused-ring (bicyclic) bond motifs is 4. The van der Waals surface area contributed by atoms with Gasteiger partial charge in [-0.15, -0.1) is 5.10 Å². The number of carboxylic acid groups (broad SMARTS) is 1. The highest BCUT2D eigenvalue weighted by molar-refractivity contribution is 5.92. The lowest BCUT2D eigenvalue weighted by Crippen LogP contribution is -2.41. The van der Waals surface area contributed by atoms with Crippen LogP contribution in [0.4, 0.5) is 4.39 Å². The molecule has 2 N–H and O–H groups in total. The number of aliphatic carboxylic acids is 1. The molecule has 10 heteroatoms. The van der Waals surface area contributed by atoms with E-state index in [9.17, 15) is 14.3 Å². The van der Waals surface area contributed by atoms with Crippen molar-refractivity contribution < 1.29 is 14.3 Å². The van der Waals surface area contributed by atoms with Gasteiger partial charge in [0, 0.05) is 17.1 Å². The number of H-pyrrole nitrogens is 1. The molecule has 2 bridgehead atoms. The molecular formula is C21H20FN7O2. The van der Waals surface area contributed by atoms with Crippen LogP contribution >= 0.6 is 0 Å². The number of rotatable bonds is 3. The monoisotopic (exact) mass is 421 g/mol. The molecule has 0 spiro atoms. The van der Waals surface area contributed by atoms with Crippen LogP contribution < -0.4 is 0 Å². The van der Waals surface area contributed by atoms with E-state index in [0.29, 0.717) is 39.5 Å². The Kier molecular flexibility index (Phi) is 4.02. The molecule has 2 aliphatic carbocycles. The fourth-order valence-electron chi connectivity index (χ4n) is 5.55. The van der Waals surface area contributed by atoms with Gasteiger partial charge in [-0.25, -0.2) is 24.0 Å². The zero-order chi connectivity index (χ0) is 21.1. The van der Waals surface area contributed by atoms with Gasteiger partial charge in [0.1, 0.15) is 11.5 Å². The molecule has 0 radical (unpaired) electrons. The summed E-state index contributed by atoms with van der Waals surface area (Å²) in [5.74, 6) is -0.699. The number of carbonyl (C=O) groups is 1. The van der Waals surface area contributed by atoms with E-state index in [1.54, 1.807) is 17.1 Å². The number of nitrogens with zero attached hydrogens (tertiary/aromatic N) is 6. The Morgan fingerprint density at radius 2 is 2.13 bits per heavy atom. The van der Waals surface area contributed by atoms with Crippen LogP contribution in [0.3, 0.4) is 0 Å². The van der Waals surface area contributed by atoms with E-state index in [4.69, 9.17) is 0 Å². The molecule has 4 aromatic rings. The fraction of sp³-hybridized carbons (Fsp3) is 0.429. The van der Waals surface area contributed by atoms with Crippen molar-refractivity contribution in [1.82, 2.24) is 34.9 Å². The Hall–Kier alpha value is -3.43. The third-order valence-corrected chi connectivity index (χ3v) is 6.87. The standard InChI is InChI=1S/C21H20FN7O2/c22-12-6-13-14(8-24-18(13)23-7-12)19-25-9-15-20(26-19)29(28-27-15)16-5-10-2-1-3-11(4-10)17(16)21(30)31/h6-11,16-17H,1-5H2,(H,23,24)(H,30,31)/t10?,11?,16-,17-/m1/s1. The highest BCUT2D eigenvalue weighted by Gasteiger charge is 2.45. The number of pyridine rings is 1. The van der Waals surface area contributed by atoms with Crippen molar-refractivity contribution in [2.45, 2.75) is 38.1 Å². The summed E-state index contributed by atoms with van der Waals surface area (Å²) in [7, 11) is 0. The fourth-order valence-corrected chi connectivity index (χ4v) is 5.55. The van der Waals surface area contributed by atoms with E-state index >= 15 is 0 Å². The number of hydrogen-bond donors (Lipinski definition) is 2. The van der Waals surface area contributed by atoms with Crippen LogP contribution in [0.5, 0.6) is 0 Å². The molecule has 6 rings (SSSR count). The average molecular weight is 421 g/mol. The van der Waals surface area contributed by atoms with Gasteiger partial charge < -0.3 is 10.1 Å². The summed E-state index contributed by atoms with van der Waals surface area (Å²) in [6.45, 7) is 0. The van der Waals surface area contributed by atoms with Gasteiger partial charge in [0.25, 0.3) is 0 Å². The van der Waals surface area contributed by atoms with Gasteiger partial charge in [0.2, 0.25) is 0 Å². The molecule has 31 heavy (non-hydrogen) atoms. The smallest absolute Gasteiger partial charge is 0.308 e. The van der Waals surface area contributed by atoms with E-state index in [1.807, 2.05) is 0 Å². The zero-order valence-corrected chi connectivity index (χ0v) is 16.6. The van der Waals surface area contributed by atoms with Gasteiger partial charge in [0.15, 0.2) is 17.0 Å². The third-order valence-electron chi connectivity index (χ3n) is 6.87. The van der Waals surface area contributed by atoms with Crippen LogP contribution in [0, 0.1) is 23.6 Å². The van der Waals surface area contributed by atoms with Gasteiger partial charge in [-0.3, -0.25) is 4.79 Å². The molecule has 0 aliphatic heterocycles. The number of aromatic amines is 1. The van der Waals surface area contributed by atoms with Crippen LogP contribution in [-0.4, -0.2) is 46.0 Å². The molecule has 9 nitrogen and oxygen atoms in total. The van der Waals surface area contributed by atoms with Crippen LogP contribution in [-0.2, 0) is 4.79 Å². The SMILES string of the molecule is O=C(O)[C@@H]1C2CCCC(C2)C[C@H]1n1nnc2cnc(-c3c[nH]c4ncc(F)cc34)nc21. The topological polar surface area (TPSA) is 122 Å². The number of hydrogen-bond acceptors (Lipinski definition) is 6. The van der Waals surface area contributed by atoms with Gasteiger partial charge in [-0.2, -0.15) is 0 Å². The molecule has 2 aliphatic rings. The van der Waals surface area contributed by atoms with Crippen LogP contribution in [0.15, 0.2) is 24.7 Å². The quantitative estimate of drug-likeness (QED) is 0.520. The van der Waals surface area contributed by atoms with E-state index in [0.717, 1.165) is 38.3 Å². The van der Waals surface area contributed by atoms with E-state index in [2.05, 4.69) is 30.2 Å². The minimum Gasteiger partial charge on any atom is -0.481 e. The second-order valence-electron chi connectivity index (χ2n) is 8.65. The first-order chi connectivity index (χ1) is 15.1. The molecule has 4 atom stereocenters. The minimum absolute atomic E-state index is 0.151. The van der Waals surface area contributed by atoms with Gasteiger partial charge in [-0.1, -0.05) is 18.1 Å². The first-order valence-corrected chi connectivity index (χ1v) is 10.5. The van der Waals surface area contributed by atoms with E-state index in [-0.39, 0.29) is 12.0 Å². The van der Waals surface area contributed by atoms with Gasteiger partial charge >= 0.3 is 5.97 Å². The largest absolute Gasteiger partial charge is 0.481 e. The average Bonchev–Trinajstić information content (AvgIpc) is 3.36. The van der Waals surface area contributed by atoms with Crippen LogP contribution in [0.2, 0.25) is 0 Å². The Balaban J connectivity index is 1.47. The Morgan fingerprint density at radius 1 is 1.23 bits per heavy atom. The summed E-state index contributed by atoms with van der Waals surface area (Å²) in [6, 6.07) is 1.09. The number of nitrogens with one attached hydrogen (secondary N) is 1. The molecule has 4 aromatic heterocycles. The zero-order valence-electron chi connectivity index (χ0n) is 16.6. The van der Waals surface area contributed by atoms with Crippen molar-refractivity contribution in [2.24, 2.45) is 17.8 Å². The molecule has 2 unspecified atom stereocenters. The van der Waals surface area contributed by atoms with E-state index in [1.165, 1.54) is 6.07 Å². The molecular weight excluding hydrogens is 401 g/mol. The van der Waals surface area contributed by atoms with Gasteiger partial charge in [0.05, 0.1) is 24.4 Å². The van der Waals surface area contributed by atoms with Gasteiger partial charge in [-0.05, 0) is 37.2 Å². The Bertz CT molecular complexity index is 1320. The van der Waals surface area contributed by atoms with Crippen molar-refractivity contribution in [3.8, 4) is 11.4 Å². The molecule has 2 fully saturated rings. The van der Waals surface area contributed by atoms with Crippen LogP contribution in [0.25, 0.3) is 33.6 Å². The first kappa shape index (κ1) is 18.3. The molecule has 0 amide bonds. The lowest BCUT2D eigenvalue weighted by Gasteiger charge is -2.43. The Labute approximate surface area is 175 Å². The maximum absolute atomic E-state index is 13.8. The summed E-state index contributed by atoms with van der Waals surface area (Å²) < 4.78 is 15.4. The lowest BCUT2D eigenvalue weighted by molar-refractivity contribution is -0.149. The third kappa shape index (κ3) is 2.88. The lowest BCUT2D eigenvalue weighted by atomic mass is 9.64. The number of halogens is 1. The Morgan fingerprint density at radius 3 is 3.00 bits per heavy atom. The summed E-state index contributed by atoms with van der Waals surface area (Å²) in [6.07, 6.45) is 9.29. The van der Waals surface area contributed by atoms with Crippen molar-refractivity contribution in [2.75, 3.05) is 0 Å². The van der Waals surface area contributed by atoms with Crippen molar-refractivity contribution in [1.29, 1.82) is 0 Å². The maximum Gasteiger partial charge on any atom is 0.308 e. The predicted molar refractivity (Wildman–Crippen MR) is 108 cm³/mol. The summed E-state index contributed by atoms with van der Waals surface area (Å²) in [5.41, 5.74) is 2.16. The predicted octanol–water partition coefficient (Wildman–Crippen LogP) is 3.36. The first-order valence-electron chi connectivity index (χ1n) is 10.5. The summed E-state index contributed by atoms with van der Waals surface area (Å²) in [4.78, 5) is 28.3. The summed E-state index contributed by atoms with van der Waals surface area (Å²) >= 11 is 0. The molecule has 0 aromatic carbocycles.